The minimum Gasteiger partial charge on any atom is -0.343 e. The predicted molar refractivity (Wildman–Crippen MR) is 140 cm³/mol. The van der Waals surface area contributed by atoms with Crippen LogP contribution >= 0.6 is 11.8 Å². The van der Waals surface area contributed by atoms with E-state index in [1.54, 1.807) is 23.9 Å². The summed E-state index contributed by atoms with van der Waals surface area (Å²) in [5, 5.41) is 10.5. The van der Waals surface area contributed by atoms with E-state index >= 15 is 0 Å². The molecule has 0 bridgehead atoms. The van der Waals surface area contributed by atoms with Crippen LogP contribution in [0.25, 0.3) is 22.1 Å². The Kier molecular flexibility index (Phi) is 8.69. The van der Waals surface area contributed by atoms with E-state index < -0.39 is 0 Å². The zero-order valence-electron chi connectivity index (χ0n) is 20.4. The van der Waals surface area contributed by atoms with Crippen LogP contribution < -0.4 is 0 Å². The molecule has 0 aliphatic rings. The predicted octanol–water partition coefficient (Wildman–Crippen LogP) is 6.08. The Morgan fingerprint density at radius 2 is 1.74 bits per heavy atom. The normalized spacial score (nSPS) is 11.4. The average molecular weight is 494 g/mol. The van der Waals surface area contributed by atoms with Crippen LogP contribution in [-0.4, -0.2) is 49.4 Å². The highest BCUT2D eigenvalue weighted by molar-refractivity contribution is 7.99. The Hall–Kier alpha value is -3.00. The van der Waals surface area contributed by atoms with Gasteiger partial charge in [0.05, 0.1) is 5.52 Å². The van der Waals surface area contributed by atoms with E-state index in [2.05, 4.69) is 28.6 Å². The van der Waals surface area contributed by atoms with Gasteiger partial charge >= 0.3 is 0 Å². The number of rotatable bonds is 12. The topological polar surface area (TPSA) is 63.9 Å². The molecular weight excluding hydrogens is 461 g/mol. The molecular formula is C27H32FN5OS. The molecule has 0 saturated heterocycles. The van der Waals surface area contributed by atoms with E-state index in [1.807, 2.05) is 29.2 Å². The SMILES string of the molecule is CCCN(CCC)C(=O)CCCCSc1nnc2c3ccccc3n(Cc3ccc(F)cc3)c2n1. The lowest BCUT2D eigenvalue weighted by Gasteiger charge is -2.21. The molecule has 184 valence electrons. The van der Waals surface area contributed by atoms with Crippen LogP contribution in [0.3, 0.4) is 0 Å². The molecule has 2 aromatic heterocycles. The van der Waals surface area contributed by atoms with Gasteiger partial charge in [-0.3, -0.25) is 4.79 Å². The molecule has 0 aliphatic heterocycles. The summed E-state index contributed by atoms with van der Waals surface area (Å²) in [5.74, 6) is 0.840. The summed E-state index contributed by atoms with van der Waals surface area (Å²) in [4.78, 5) is 19.3. The summed E-state index contributed by atoms with van der Waals surface area (Å²) in [6, 6.07) is 14.6. The van der Waals surface area contributed by atoms with Gasteiger partial charge in [0.25, 0.3) is 0 Å². The number of unbranched alkanes of at least 4 members (excludes halogenated alkanes) is 1. The number of nitrogens with zero attached hydrogens (tertiary/aromatic N) is 5. The second-order valence-electron chi connectivity index (χ2n) is 8.68. The molecule has 0 saturated carbocycles. The Balaban J connectivity index is 1.44. The molecule has 0 fully saturated rings. The van der Waals surface area contributed by atoms with Gasteiger partial charge in [0.1, 0.15) is 11.3 Å². The molecule has 0 N–H and O–H groups in total. The Morgan fingerprint density at radius 3 is 2.49 bits per heavy atom. The van der Waals surface area contributed by atoms with Crippen molar-refractivity contribution in [2.75, 3.05) is 18.8 Å². The number of benzene rings is 2. The number of hydrogen-bond acceptors (Lipinski definition) is 5. The third-order valence-electron chi connectivity index (χ3n) is 5.96. The number of para-hydroxylation sites is 1. The van der Waals surface area contributed by atoms with E-state index in [0.717, 1.165) is 72.2 Å². The zero-order valence-corrected chi connectivity index (χ0v) is 21.2. The number of carbonyl (C=O) groups excluding carboxylic acids is 1. The highest BCUT2D eigenvalue weighted by atomic mass is 32.2. The first kappa shape index (κ1) is 25.1. The number of carbonyl (C=O) groups is 1. The summed E-state index contributed by atoms with van der Waals surface area (Å²) < 4.78 is 15.5. The number of amides is 1. The first-order valence-corrected chi connectivity index (χ1v) is 13.4. The van der Waals surface area contributed by atoms with E-state index in [1.165, 1.54) is 12.1 Å². The second kappa shape index (κ2) is 12.1. The minimum atomic E-state index is -0.246. The average Bonchev–Trinajstić information content (AvgIpc) is 3.18. The molecule has 0 unspecified atom stereocenters. The van der Waals surface area contributed by atoms with E-state index in [0.29, 0.717) is 18.1 Å². The van der Waals surface area contributed by atoms with Gasteiger partial charge in [-0.1, -0.05) is 55.9 Å². The lowest BCUT2D eigenvalue weighted by Crippen LogP contribution is -2.32. The monoisotopic (exact) mass is 493 g/mol. The summed E-state index contributed by atoms with van der Waals surface area (Å²) >= 11 is 1.57. The number of thioether (sulfide) groups is 1. The quantitative estimate of drug-likeness (QED) is 0.177. The fourth-order valence-electron chi connectivity index (χ4n) is 4.28. The number of aromatic nitrogens is 4. The van der Waals surface area contributed by atoms with Gasteiger partial charge in [-0.25, -0.2) is 9.37 Å². The van der Waals surface area contributed by atoms with Crippen molar-refractivity contribution in [2.45, 2.75) is 57.7 Å². The fourth-order valence-corrected chi connectivity index (χ4v) is 5.06. The van der Waals surface area contributed by atoms with Gasteiger partial charge in [-0.05, 0) is 49.4 Å². The van der Waals surface area contributed by atoms with Gasteiger partial charge in [-0.15, -0.1) is 10.2 Å². The zero-order chi connectivity index (χ0) is 24.6. The van der Waals surface area contributed by atoms with Gasteiger partial charge in [0.2, 0.25) is 11.1 Å². The second-order valence-corrected chi connectivity index (χ2v) is 9.74. The minimum absolute atomic E-state index is 0.246. The molecule has 6 nitrogen and oxygen atoms in total. The maximum absolute atomic E-state index is 13.4. The van der Waals surface area contributed by atoms with Gasteiger partial charge < -0.3 is 9.47 Å². The highest BCUT2D eigenvalue weighted by Crippen LogP contribution is 2.28. The molecule has 0 radical (unpaired) electrons. The van der Waals surface area contributed by atoms with Crippen molar-refractivity contribution in [3.05, 3.63) is 59.9 Å². The lowest BCUT2D eigenvalue weighted by molar-refractivity contribution is -0.131. The standard InChI is InChI=1S/C27H32FN5OS/c1-3-16-32(17-4-2)24(34)11-7-8-18-35-27-29-26-25(30-31-27)22-9-5-6-10-23(22)33(26)19-20-12-14-21(28)15-13-20/h5-6,9-10,12-15H,3-4,7-8,11,16-19H2,1-2H3. The molecule has 35 heavy (non-hydrogen) atoms. The van der Waals surface area contributed by atoms with Crippen LogP contribution in [0, 0.1) is 5.82 Å². The van der Waals surface area contributed by atoms with E-state index in [4.69, 9.17) is 4.98 Å². The first-order valence-electron chi connectivity index (χ1n) is 12.4. The number of hydrogen-bond donors (Lipinski definition) is 0. The van der Waals surface area contributed by atoms with Crippen molar-refractivity contribution in [1.29, 1.82) is 0 Å². The summed E-state index contributed by atoms with van der Waals surface area (Å²) in [6.45, 7) is 6.47. The van der Waals surface area contributed by atoms with Crippen molar-refractivity contribution >= 4 is 39.7 Å². The fraction of sp³-hybridized carbons (Fsp3) is 0.407. The van der Waals surface area contributed by atoms with Crippen molar-refractivity contribution in [3.63, 3.8) is 0 Å². The molecule has 2 heterocycles. The lowest BCUT2D eigenvalue weighted by atomic mass is 10.2. The maximum Gasteiger partial charge on any atom is 0.222 e. The molecule has 4 rings (SSSR count). The number of halogens is 1. The Labute approximate surface area is 209 Å². The molecule has 1 amide bonds. The molecule has 4 aromatic rings. The van der Waals surface area contributed by atoms with Crippen molar-refractivity contribution < 1.29 is 9.18 Å². The summed E-state index contributed by atoms with van der Waals surface area (Å²) in [7, 11) is 0. The number of fused-ring (bicyclic) bond motifs is 3. The smallest absolute Gasteiger partial charge is 0.222 e. The van der Waals surface area contributed by atoms with Gasteiger partial charge in [0, 0.05) is 37.2 Å². The molecule has 0 aliphatic carbocycles. The highest BCUT2D eigenvalue weighted by Gasteiger charge is 2.16. The molecule has 2 aromatic carbocycles. The van der Waals surface area contributed by atoms with Gasteiger partial charge in [0.15, 0.2) is 5.65 Å². The largest absolute Gasteiger partial charge is 0.343 e. The van der Waals surface area contributed by atoms with E-state index in [-0.39, 0.29) is 11.7 Å². The molecule has 8 heteroatoms. The van der Waals surface area contributed by atoms with Crippen LogP contribution in [0.1, 0.15) is 51.5 Å². The maximum atomic E-state index is 13.4. The first-order chi connectivity index (χ1) is 17.1. The molecule has 0 spiro atoms. The van der Waals surface area contributed by atoms with Crippen LogP contribution in [-0.2, 0) is 11.3 Å². The third-order valence-corrected chi connectivity index (χ3v) is 6.89. The molecule has 0 atom stereocenters. The van der Waals surface area contributed by atoms with Crippen LogP contribution in [0.5, 0.6) is 0 Å². The van der Waals surface area contributed by atoms with Crippen LogP contribution in [0.15, 0.2) is 53.7 Å². The van der Waals surface area contributed by atoms with Crippen molar-refractivity contribution in [1.82, 2.24) is 24.6 Å². The summed E-state index contributed by atoms with van der Waals surface area (Å²) in [6.07, 6.45) is 4.35. The van der Waals surface area contributed by atoms with Crippen LogP contribution in [0.2, 0.25) is 0 Å². The summed E-state index contributed by atoms with van der Waals surface area (Å²) in [5.41, 5.74) is 3.56. The third kappa shape index (κ3) is 6.17. The van der Waals surface area contributed by atoms with Crippen molar-refractivity contribution in [2.24, 2.45) is 0 Å². The Bertz CT molecular complexity index is 1270. The van der Waals surface area contributed by atoms with Crippen molar-refractivity contribution in [3.8, 4) is 0 Å². The van der Waals surface area contributed by atoms with Crippen LogP contribution in [0.4, 0.5) is 4.39 Å². The van der Waals surface area contributed by atoms with Gasteiger partial charge in [-0.2, -0.15) is 0 Å². The Morgan fingerprint density at radius 1 is 1.00 bits per heavy atom. The van der Waals surface area contributed by atoms with E-state index in [9.17, 15) is 9.18 Å².